The van der Waals surface area contributed by atoms with Crippen LogP contribution in [-0.2, 0) is 22.7 Å². The maximum Gasteiger partial charge on any atom is 0.255 e. The molecule has 4 rings (SSSR count). The molecule has 2 fully saturated rings. The average Bonchev–Trinajstić information content (AvgIpc) is 2.96. The van der Waals surface area contributed by atoms with E-state index in [-0.39, 0.29) is 24.3 Å². The van der Waals surface area contributed by atoms with Crippen molar-refractivity contribution in [3.63, 3.8) is 0 Å². The molecule has 3 heterocycles. The first-order chi connectivity index (χ1) is 13.0. The van der Waals surface area contributed by atoms with E-state index < -0.39 is 18.1 Å². The van der Waals surface area contributed by atoms with Gasteiger partial charge in [0.15, 0.2) is 0 Å². The minimum absolute atomic E-state index is 0.0867. The topological polar surface area (TPSA) is 90.5 Å². The molecule has 0 spiro atoms. The van der Waals surface area contributed by atoms with E-state index in [9.17, 15) is 18.8 Å². The van der Waals surface area contributed by atoms with Crippen LogP contribution in [0.5, 0.6) is 0 Å². The maximum absolute atomic E-state index is 13.5. The van der Waals surface area contributed by atoms with Gasteiger partial charge in [-0.2, -0.15) is 0 Å². The van der Waals surface area contributed by atoms with Gasteiger partial charge in [0.2, 0.25) is 11.8 Å². The van der Waals surface area contributed by atoms with Crippen LogP contribution in [0, 0.1) is 0 Å². The van der Waals surface area contributed by atoms with Crippen LogP contribution >= 0.6 is 0 Å². The van der Waals surface area contributed by atoms with Crippen molar-refractivity contribution in [3.8, 4) is 0 Å². The molecule has 27 heavy (non-hydrogen) atoms. The van der Waals surface area contributed by atoms with Crippen LogP contribution < -0.4 is 16.0 Å². The van der Waals surface area contributed by atoms with E-state index in [0.717, 1.165) is 17.7 Å². The summed E-state index contributed by atoms with van der Waals surface area (Å²) in [5.74, 6) is -0.864. The zero-order valence-electron chi connectivity index (χ0n) is 15.0. The summed E-state index contributed by atoms with van der Waals surface area (Å²) < 4.78 is 13.5. The highest BCUT2D eigenvalue weighted by Gasteiger charge is 2.39. The fraction of sp³-hybridized carbons (Fsp3) is 0.526. The lowest BCUT2D eigenvalue weighted by molar-refractivity contribution is -0.136. The van der Waals surface area contributed by atoms with Gasteiger partial charge in [0.1, 0.15) is 12.2 Å². The molecule has 2 saturated heterocycles. The Hall–Kier alpha value is -2.32. The summed E-state index contributed by atoms with van der Waals surface area (Å²) >= 11 is 0. The molecule has 0 bridgehead atoms. The number of nitrogens with one attached hydrogen (secondary N) is 3. The van der Waals surface area contributed by atoms with Crippen molar-refractivity contribution in [1.82, 2.24) is 20.9 Å². The zero-order valence-corrected chi connectivity index (χ0v) is 15.0. The van der Waals surface area contributed by atoms with E-state index in [1.165, 1.54) is 0 Å². The number of halogens is 1. The molecule has 1 aromatic carbocycles. The van der Waals surface area contributed by atoms with E-state index in [0.29, 0.717) is 38.0 Å². The van der Waals surface area contributed by atoms with Crippen LogP contribution in [0.3, 0.4) is 0 Å². The van der Waals surface area contributed by atoms with Gasteiger partial charge in [-0.25, -0.2) is 4.39 Å². The van der Waals surface area contributed by atoms with Crippen LogP contribution in [0.15, 0.2) is 18.2 Å². The van der Waals surface area contributed by atoms with Crippen LogP contribution in [0.1, 0.15) is 40.7 Å². The predicted octanol–water partition coefficient (Wildman–Crippen LogP) is 0.237. The Morgan fingerprint density at radius 3 is 2.85 bits per heavy atom. The summed E-state index contributed by atoms with van der Waals surface area (Å²) in [6, 6.07) is 5.14. The van der Waals surface area contributed by atoms with Crippen molar-refractivity contribution in [2.45, 2.75) is 50.6 Å². The van der Waals surface area contributed by atoms with Gasteiger partial charge in [-0.05, 0) is 30.0 Å². The van der Waals surface area contributed by atoms with Crippen molar-refractivity contribution in [3.05, 3.63) is 34.9 Å². The summed E-state index contributed by atoms with van der Waals surface area (Å²) in [6.45, 7) is 2.12. The van der Waals surface area contributed by atoms with Gasteiger partial charge >= 0.3 is 0 Å². The van der Waals surface area contributed by atoms with Gasteiger partial charge < -0.3 is 15.5 Å². The summed E-state index contributed by atoms with van der Waals surface area (Å²) in [5, 5.41) is 8.73. The third kappa shape index (κ3) is 3.72. The number of benzene rings is 1. The van der Waals surface area contributed by atoms with Crippen molar-refractivity contribution in [2.75, 3.05) is 13.1 Å². The Labute approximate surface area is 156 Å². The molecule has 0 radical (unpaired) electrons. The minimum Gasteiger partial charge on any atom is -0.322 e. The zero-order chi connectivity index (χ0) is 19.0. The SMILES string of the molecule is O=C1CCC(N2Cc3cc(CN[C@@H]4CNC[C@@H](F)C4)ccc3C2=O)C(=O)N1. The molecule has 8 heteroatoms. The molecule has 3 amide bonds. The van der Waals surface area contributed by atoms with Crippen LogP contribution in [0.25, 0.3) is 0 Å². The second-order valence-corrected chi connectivity index (χ2v) is 7.46. The number of nitrogens with zero attached hydrogens (tertiary/aromatic N) is 1. The fourth-order valence-electron chi connectivity index (χ4n) is 4.05. The highest BCUT2D eigenvalue weighted by Crippen LogP contribution is 2.28. The minimum atomic E-state index is -0.823. The van der Waals surface area contributed by atoms with E-state index >= 15 is 0 Å². The molecule has 3 aliphatic heterocycles. The van der Waals surface area contributed by atoms with Crippen LogP contribution in [0.2, 0.25) is 0 Å². The number of hydrogen-bond donors (Lipinski definition) is 3. The van der Waals surface area contributed by atoms with Crippen molar-refractivity contribution in [2.24, 2.45) is 0 Å². The number of imide groups is 1. The molecule has 0 saturated carbocycles. The molecule has 1 unspecified atom stereocenters. The van der Waals surface area contributed by atoms with E-state index in [2.05, 4.69) is 16.0 Å². The van der Waals surface area contributed by atoms with Crippen molar-refractivity contribution in [1.29, 1.82) is 0 Å². The average molecular weight is 374 g/mol. The quantitative estimate of drug-likeness (QED) is 0.657. The van der Waals surface area contributed by atoms with Gasteiger partial charge in [-0.15, -0.1) is 0 Å². The molecule has 3 N–H and O–H groups in total. The third-order valence-corrected chi connectivity index (χ3v) is 5.48. The molecule has 0 aromatic heterocycles. The van der Waals surface area contributed by atoms with Gasteiger partial charge in [0.05, 0.1) is 0 Å². The molecule has 1 aromatic rings. The van der Waals surface area contributed by atoms with E-state index in [1.54, 1.807) is 11.0 Å². The number of hydrogen-bond acceptors (Lipinski definition) is 5. The van der Waals surface area contributed by atoms with E-state index in [4.69, 9.17) is 0 Å². The molecule has 3 atom stereocenters. The van der Waals surface area contributed by atoms with Crippen molar-refractivity contribution >= 4 is 17.7 Å². The fourth-order valence-corrected chi connectivity index (χ4v) is 4.05. The van der Waals surface area contributed by atoms with Gasteiger partial charge in [0.25, 0.3) is 5.91 Å². The normalized spacial score (nSPS) is 28.3. The van der Waals surface area contributed by atoms with Crippen molar-refractivity contribution < 1.29 is 18.8 Å². The molecule has 0 aliphatic carbocycles. The summed E-state index contributed by atoms with van der Waals surface area (Å²) in [4.78, 5) is 37.6. The Kier molecular flexibility index (Phi) is 4.92. The number of carbonyl (C=O) groups excluding carboxylic acids is 3. The Bertz CT molecular complexity index is 784. The summed E-state index contributed by atoms with van der Waals surface area (Å²) in [6.07, 6.45) is 0.282. The highest BCUT2D eigenvalue weighted by atomic mass is 19.1. The maximum atomic E-state index is 13.5. The number of fused-ring (bicyclic) bond motifs is 1. The van der Waals surface area contributed by atoms with Gasteiger partial charge in [0, 0.05) is 44.2 Å². The first-order valence-corrected chi connectivity index (χ1v) is 9.36. The first kappa shape index (κ1) is 18.1. The number of carbonyl (C=O) groups is 3. The van der Waals surface area contributed by atoms with Gasteiger partial charge in [-0.3, -0.25) is 19.7 Å². The van der Waals surface area contributed by atoms with Crippen LogP contribution in [0.4, 0.5) is 4.39 Å². The van der Waals surface area contributed by atoms with E-state index in [1.807, 2.05) is 12.1 Å². The number of piperidine rings is 2. The predicted molar refractivity (Wildman–Crippen MR) is 95.5 cm³/mol. The monoisotopic (exact) mass is 374 g/mol. The molecular weight excluding hydrogens is 351 g/mol. The molecule has 144 valence electrons. The molecule has 3 aliphatic rings. The largest absolute Gasteiger partial charge is 0.322 e. The molecular formula is C19H23FN4O3. The first-order valence-electron chi connectivity index (χ1n) is 9.36. The summed E-state index contributed by atoms with van der Waals surface area (Å²) in [7, 11) is 0. The lowest BCUT2D eigenvalue weighted by atomic mass is 10.0. The lowest BCUT2D eigenvalue weighted by Crippen LogP contribution is -2.52. The smallest absolute Gasteiger partial charge is 0.255 e. The van der Waals surface area contributed by atoms with Crippen LogP contribution in [-0.4, -0.2) is 54.0 Å². The standard InChI is InChI=1S/C19H23FN4O3/c20-13-6-14(9-21-8-13)22-7-11-1-2-15-12(5-11)10-24(19(15)27)16-3-4-17(25)23-18(16)26/h1-2,5,13-14,16,21-22H,3-4,6-10H2,(H,23,25,26)/t13-,14-,16?/m0/s1. The second kappa shape index (κ2) is 7.36. The number of amides is 3. The second-order valence-electron chi connectivity index (χ2n) is 7.46. The Morgan fingerprint density at radius 1 is 1.22 bits per heavy atom. The molecule has 7 nitrogen and oxygen atoms in total. The highest BCUT2D eigenvalue weighted by molar-refractivity contribution is 6.05. The third-order valence-electron chi connectivity index (χ3n) is 5.48. The lowest BCUT2D eigenvalue weighted by Gasteiger charge is -2.29. The van der Waals surface area contributed by atoms with Gasteiger partial charge in [-0.1, -0.05) is 12.1 Å². The number of rotatable bonds is 4. The summed E-state index contributed by atoms with van der Waals surface area (Å²) in [5.41, 5.74) is 2.51. The Morgan fingerprint density at radius 2 is 2.07 bits per heavy atom. The number of alkyl halides is 1. The Balaban J connectivity index is 1.41.